The van der Waals surface area contributed by atoms with E-state index in [0.29, 0.717) is 11.2 Å². The van der Waals surface area contributed by atoms with Gasteiger partial charge in [0, 0.05) is 6.04 Å². The fourth-order valence-corrected chi connectivity index (χ4v) is 3.88. The molecule has 0 aliphatic carbocycles. The molecular weight excluding hydrogens is 230 g/mol. The Labute approximate surface area is 87.9 Å². The van der Waals surface area contributed by atoms with E-state index in [1.54, 1.807) is 0 Å². The topological polar surface area (TPSA) is 0 Å². The second-order valence-corrected chi connectivity index (χ2v) is 8.77. The summed E-state index contributed by atoms with van der Waals surface area (Å²) in [7, 11) is 0. The summed E-state index contributed by atoms with van der Waals surface area (Å²) in [5.41, 5.74) is 0.964. The zero-order chi connectivity index (χ0) is 9.03. The van der Waals surface area contributed by atoms with Gasteiger partial charge >= 0.3 is 0 Å². The van der Waals surface area contributed by atoms with Crippen molar-refractivity contribution in [2.75, 3.05) is 11.2 Å². The number of benzene rings is 1. The molecule has 0 saturated heterocycles. The Balaban J connectivity index is 3.04. The van der Waals surface area contributed by atoms with E-state index in [1.165, 1.54) is 0 Å². The molecule has 0 aliphatic heterocycles. The molecule has 66 valence electrons. The monoisotopic (exact) mass is 238 g/mol. The van der Waals surface area contributed by atoms with Gasteiger partial charge in [-0.05, 0) is 5.30 Å². The first-order valence-corrected chi connectivity index (χ1v) is 7.73. The lowest BCUT2D eigenvalue weighted by molar-refractivity contribution is 1.76. The van der Waals surface area contributed by atoms with Gasteiger partial charge in [0.2, 0.25) is 0 Å². The average molecular weight is 239 g/mol. The van der Waals surface area contributed by atoms with Gasteiger partial charge in [0.15, 0.2) is 0 Å². The van der Waals surface area contributed by atoms with Crippen molar-refractivity contribution in [3.63, 3.8) is 0 Å². The van der Waals surface area contributed by atoms with Gasteiger partial charge in [0.1, 0.15) is 0 Å². The van der Waals surface area contributed by atoms with Crippen molar-refractivity contribution in [3.05, 3.63) is 30.3 Å². The largest absolute Gasteiger partial charge is 0.120 e. The van der Waals surface area contributed by atoms with Crippen LogP contribution in [0.4, 0.5) is 0 Å². The van der Waals surface area contributed by atoms with Crippen molar-refractivity contribution in [1.82, 2.24) is 0 Å². The highest BCUT2D eigenvalue weighted by atomic mass is 35.5. The summed E-state index contributed by atoms with van der Waals surface area (Å²) in [6.45, 7) is 0. The van der Waals surface area contributed by atoms with Crippen LogP contribution in [0.15, 0.2) is 30.3 Å². The molecule has 4 heteroatoms. The standard InChI is InChI=1S/C8H9Cl2PS/c9-6-11(12,7-10)8-4-2-1-3-5-8/h1-5H,6-7H2. The molecule has 0 atom stereocenters. The predicted molar refractivity (Wildman–Crippen MR) is 61.8 cm³/mol. The fourth-order valence-electron chi connectivity index (χ4n) is 0.870. The van der Waals surface area contributed by atoms with Gasteiger partial charge in [-0.1, -0.05) is 42.1 Å². The lowest BCUT2D eigenvalue weighted by atomic mass is 10.4. The van der Waals surface area contributed by atoms with Crippen LogP contribution >= 0.6 is 29.2 Å². The Morgan fingerprint density at radius 1 is 1.08 bits per heavy atom. The molecule has 0 aromatic heterocycles. The molecule has 0 spiro atoms. The molecule has 0 unspecified atom stereocenters. The van der Waals surface area contributed by atoms with Crippen LogP contribution in [0.2, 0.25) is 0 Å². The molecule has 1 aromatic carbocycles. The van der Waals surface area contributed by atoms with Gasteiger partial charge < -0.3 is 0 Å². The lowest BCUT2D eigenvalue weighted by Gasteiger charge is -2.15. The summed E-state index contributed by atoms with van der Waals surface area (Å²) < 4.78 is 0. The van der Waals surface area contributed by atoms with Crippen molar-refractivity contribution in [1.29, 1.82) is 0 Å². The highest BCUT2D eigenvalue weighted by Gasteiger charge is 2.16. The highest BCUT2D eigenvalue weighted by molar-refractivity contribution is 8.19. The van der Waals surface area contributed by atoms with E-state index in [9.17, 15) is 0 Å². The smallest absolute Gasteiger partial charge is 0.0564 e. The van der Waals surface area contributed by atoms with Crippen LogP contribution in [-0.2, 0) is 11.8 Å². The molecule has 1 rings (SSSR count). The molecule has 0 heterocycles. The minimum Gasteiger partial charge on any atom is -0.120 e. The second-order valence-electron chi connectivity index (χ2n) is 2.46. The quantitative estimate of drug-likeness (QED) is 0.576. The van der Waals surface area contributed by atoms with Crippen LogP contribution in [0, 0.1) is 0 Å². The van der Waals surface area contributed by atoms with Crippen LogP contribution in [0.1, 0.15) is 0 Å². The first-order chi connectivity index (χ1) is 5.73. The van der Waals surface area contributed by atoms with Gasteiger partial charge in [-0.25, -0.2) is 0 Å². The third-order valence-electron chi connectivity index (χ3n) is 1.61. The van der Waals surface area contributed by atoms with Crippen LogP contribution < -0.4 is 5.30 Å². The van der Waals surface area contributed by atoms with Crippen LogP contribution in [0.3, 0.4) is 0 Å². The number of alkyl halides is 2. The minimum atomic E-state index is -1.67. The fraction of sp³-hybridized carbons (Fsp3) is 0.250. The van der Waals surface area contributed by atoms with Crippen molar-refractivity contribution in [2.45, 2.75) is 0 Å². The maximum atomic E-state index is 5.80. The zero-order valence-electron chi connectivity index (χ0n) is 6.41. The number of halogens is 2. The van der Waals surface area contributed by atoms with Gasteiger partial charge in [-0.3, -0.25) is 0 Å². The lowest BCUT2D eigenvalue weighted by Crippen LogP contribution is -2.05. The number of hydrogen-bond donors (Lipinski definition) is 0. The number of rotatable bonds is 3. The summed E-state index contributed by atoms with van der Waals surface area (Å²) in [5.74, 6) is 0. The van der Waals surface area contributed by atoms with E-state index in [2.05, 4.69) is 0 Å². The molecule has 0 amide bonds. The Bertz CT molecular complexity index is 278. The van der Waals surface area contributed by atoms with Gasteiger partial charge in [-0.15, -0.1) is 23.2 Å². The first kappa shape index (κ1) is 10.5. The third-order valence-corrected chi connectivity index (χ3v) is 8.33. The maximum absolute atomic E-state index is 5.80. The van der Waals surface area contributed by atoms with Gasteiger partial charge in [0.25, 0.3) is 0 Å². The van der Waals surface area contributed by atoms with Gasteiger partial charge in [0.05, 0.1) is 11.2 Å². The summed E-state index contributed by atoms with van der Waals surface area (Å²) in [6.07, 6.45) is 0. The Hall–Kier alpha value is 0.450. The molecule has 0 aliphatic rings. The SMILES string of the molecule is S=P(CCl)(CCl)c1ccccc1. The van der Waals surface area contributed by atoms with Crippen molar-refractivity contribution in [2.24, 2.45) is 0 Å². The predicted octanol–water partition coefficient (Wildman–Crippen LogP) is 3.18. The van der Waals surface area contributed by atoms with E-state index in [1.807, 2.05) is 30.3 Å². The Kier molecular flexibility index (Phi) is 4.05. The normalized spacial score (nSPS) is 11.5. The molecule has 0 N–H and O–H groups in total. The van der Waals surface area contributed by atoms with Crippen LogP contribution in [0.25, 0.3) is 0 Å². The molecular formula is C8H9Cl2PS. The van der Waals surface area contributed by atoms with Crippen molar-refractivity contribution < 1.29 is 0 Å². The molecule has 0 fully saturated rings. The minimum absolute atomic E-state index is 0.482. The summed E-state index contributed by atoms with van der Waals surface area (Å²) in [5, 5.41) is 1.13. The van der Waals surface area contributed by atoms with Gasteiger partial charge in [-0.2, -0.15) is 0 Å². The van der Waals surface area contributed by atoms with Crippen LogP contribution in [-0.4, -0.2) is 11.2 Å². The van der Waals surface area contributed by atoms with E-state index in [0.717, 1.165) is 5.30 Å². The summed E-state index contributed by atoms with van der Waals surface area (Å²) >= 11 is 17.0. The zero-order valence-corrected chi connectivity index (χ0v) is 9.64. The highest BCUT2D eigenvalue weighted by Crippen LogP contribution is 2.46. The molecule has 0 nitrogen and oxygen atoms in total. The average Bonchev–Trinajstić information content (AvgIpc) is 2.18. The number of hydrogen-bond acceptors (Lipinski definition) is 1. The maximum Gasteiger partial charge on any atom is 0.0564 e. The van der Waals surface area contributed by atoms with Crippen LogP contribution in [0.5, 0.6) is 0 Å². The van der Waals surface area contributed by atoms with E-state index >= 15 is 0 Å². The summed E-state index contributed by atoms with van der Waals surface area (Å²) in [6, 6.07) is 8.24. The van der Waals surface area contributed by atoms with E-state index in [-0.39, 0.29) is 0 Å². The molecule has 0 bridgehead atoms. The Morgan fingerprint density at radius 3 is 2.00 bits per heavy atom. The Morgan fingerprint density at radius 2 is 1.58 bits per heavy atom. The van der Waals surface area contributed by atoms with E-state index < -0.39 is 6.04 Å². The second kappa shape index (κ2) is 4.62. The molecule has 1 aromatic rings. The summed E-state index contributed by atoms with van der Waals surface area (Å²) in [4.78, 5) is 0. The van der Waals surface area contributed by atoms with Crippen molar-refractivity contribution >= 4 is 46.4 Å². The molecule has 0 radical (unpaired) electrons. The first-order valence-electron chi connectivity index (χ1n) is 3.48. The van der Waals surface area contributed by atoms with Crippen molar-refractivity contribution in [3.8, 4) is 0 Å². The molecule has 0 saturated carbocycles. The third kappa shape index (κ3) is 2.23. The molecule has 12 heavy (non-hydrogen) atoms. The van der Waals surface area contributed by atoms with E-state index in [4.69, 9.17) is 35.0 Å².